The van der Waals surface area contributed by atoms with Crippen LogP contribution in [0, 0.1) is 12.3 Å². The smallest absolute Gasteiger partial charge is 0.0741 e. The summed E-state index contributed by atoms with van der Waals surface area (Å²) in [6.07, 6.45) is 7.51. The fourth-order valence-corrected chi connectivity index (χ4v) is 0.823. The van der Waals surface area contributed by atoms with Gasteiger partial charge in [0.2, 0.25) is 0 Å². The first kappa shape index (κ1) is 11.5. The SMILES string of the molecule is C#CC(C)(C)NCCCCOC. The lowest BCUT2D eigenvalue weighted by atomic mass is 10.1. The lowest BCUT2D eigenvalue weighted by molar-refractivity contribution is 0.192. The predicted molar refractivity (Wildman–Crippen MR) is 52.0 cm³/mol. The third-order valence-electron chi connectivity index (χ3n) is 1.70. The van der Waals surface area contributed by atoms with Crippen LogP contribution in [0.4, 0.5) is 0 Å². The number of hydrogen-bond acceptors (Lipinski definition) is 2. The van der Waals surface area contributed by atoms with Crippen LogP contribution in [-0.4, -0.2) is 25.8 Å². The Labute approximate surface area is 75.7 Å². The molecule has 0 heterocycles. The standard InChI is InChI=1S/C10H19NO/c1-5-10(2,3)11-8-6-7-9-12-4/h1,11H,6-9H2,2-4H3. The van der Waals surface area contributed by atoms with E-state index >= 15 is 0 Å². The molecule has 0 aromatic rings. The molecule has 0 atom stereocenters. The third kappa shape index (κ3) is 6.21. The average molecular weight is 169 g/mol. The van der Waals surface area contributed by atoms with Crippen molar-refractivity contribution in [2.45, 2.75) is 32.2 Å². The topological polar surface area (TPSA) is 21.3 Å². The highest BCUT2D eigenvalue weighted by Crippen LogP contribution is 1.99. The van der Waals surface area contributed by atoms with E-state index in [0.29, 0.717) is 0 Å². The van der Waals surface area contributed by atoms with Crippen LogP contribution in [0.5, 0.6) is 0 Å². The van der Waals surface area contributed by atoms with E-state index in [2.05, 4.69) is 11.2 Å². The van der Waals surface area contributed by atoms with Crippen molar-refractivity contribution in [1.29, 1.82) is 0 Å². The molecule has 2 nitrogen and oxygen atoms in total. The molecule has 0 aromatic heterocycles. The van der Waals surface area contributed by atoms with Crippen molar-refractivity contribution in [3.63, 3.8) is 0 Å². The van der Waals surface area contributed by atoms with Crippen molar-refractivity contribution >= 4 is 0 Å². The van der Waals surface area contributed by atoms with E-state index in [4.69, 9.17) is 11.2 Å². The van der Waals surface area contributed by atoms with Gasteiger partial charge in [0, 0.05) is 13.7 Å². The van der Waals surface area contributed by atoms with Crippen LogP contribution in [0.25, 0.3) is 0 Å². The molecule has 0 saturated carbocycles. The zero-order valence-electron chi connectivity index (χ0n) is 8.31. The van der Waals surface area contributed by atoms with Crippen molar-refractivity contribution in [1.82, 2.24) is 5.32 Å². The number of methoxy groups -OCH3 is 1. The Morgan fingerprint density at radius 3 is 2.58 bits per heavy atom. The number of nitrogens with one attached hydrogen (secondary N) is 1. The van der Waals surface area contributed by atoms with Gasteiger partial charge in [-0.1, -0.05) is 5.92 Å². The Bertz CT molecular complexity index is 146. The quantitative estimate of drug-likeness (QED) is 0.479. The molecule has 0 bridgehead atoms. The van der Waals surface area contributed by atoms with Crippen LogP contribution in [0.2, 0.25) is 0 Å². The summed E-state index contributed by atoms with van der Waals surface area (Å²) < 4.78 is 4.93. The number of ether oxygens (including phenoxy) is 1. The molecule has 0 fully saturated rings. The summed E-state index contributed by atoms with van der Waals surface area (Å²) >= 11 is 0. The molecule has 0 aliphatic carbocycles. The molecule has 2 heteroatoms. The van der Waals surface area contributed by atoms with E-state index in [1.54, 1.807) is 7.11 Å². The highest BCUT2D eigenvalue weighted by molar-refractivity contribution is 5.07. The van der Waals surface area contributed by atoms with Gasteiger partial charge in [-0.3, -0.25) is 0 Å². The molecule has 0 unspecified atom stereocenters. The van der Waals surface area contributed by atoms with Gasteiger partial charge in [-0.2, -0.15) is 0 Å². The van der Waals surface area contributed by atoms with Crippen LogP contribution in [-0.2, 0) is 4.74 Å². The Balaban J connectivity index is 3.27. The van der Waals surface area contributed by atoms with Gasteiger partial charge in [-0.15, -0.1) is 6.42 Å². The molecule has 0 saturated heterocycles. The number of rotatable bonds is 6. The van der Waals surface area contributed by atoms with Gasteiger partial charge in [0.15, 0.2) is 0 Å². The predicted octanol–water partition coefficient (Wildman–Crippen LogP) is 1.41. The molecule has 0 aliphatic rings. The average Bonchev–Trinajstić information content (AvgIpc) is 2.04. The maximum atomic E-state index is 5.31. The van der Waals surface area contributed by atoms with Gasteiger partial charge in [0.05, 0.1) is 5.54 Å². The Morgan fingerprint density at radius 1 is 1.42 bits per heavy atom. The van der Waals surface area contributed by atoms with Crippen LogP contribution in [0.3, 0.4) is 0 Å². The molecule has 70 valence electrons. The second kappa shape index (κ2) is 6.05. The molecular formula is C10H19NO. The minimum Gasteiger partial charge on any atom is -0.385 e. The number of terminal acetylenes is 1. The van der Waals surface area contributed by atoms with Crippen molar-refractivity contribution in [2.24, 2.45) is 0 Å². The normalized spacial score (nSPS) is 11.2. The van der Waals surface area contributed by atoms with Gasteiger partial charge in [0.25, 0.3) is 0 Å². The summed E-state index contributed by atoms with van der Waals surface area (Å²) in [6, 6.07) is 0. The lowest BCUT2D eigenvalue weighted by Crippen LogP contribution is -2.38. The summed E-state index contributed by atoms with van der Waals surface area (Å²) in [7, 11) is 1.72. The van der Waals surface area contributed by atoms with E-state index in [9.17, 15) is 0 Å². The molecule has 0 aromatic carbocycles. The van der Waals surface area contributed by atoms with Crippen LogP contribution >= 0.6 is 0 Å². The van der Waals surface area contributed by atoms with E-state index in [1.807, 2.05) is 13.8 Å². The summed E-state index contributed by atoms with van der Waals surface area (Å²) in [5, 5.41) is 3.28. The first-order valence-electron chi connectivity index (χ1n) is 4.34. The maximum absolute atomic E-state index is 5.31. The molecule has 0 rings (SSSR count). The zero-order valence-corrected chi connectivity index (χ0v) is 8.31. The van der Waals surface area contributed by atoms with Gasteiger partial charge in [-0.05, 0) is 33.2 Å². The maximum Gasteiger partial charge on any atom is 0.0741 e. The number of hydrogen-bond donors (Lipinski definition) is 1. The molecule has 12 heavy (non-hydrogen) atoms. The second-order valence-electron chi connectivity index (χ2n) is 3.40. The largest absolute Gasteiger partial charge is 0.385 e. The second-order valence-corrected chi connectivity index (χ2v) is 3.40. The van der Waals surface area contributed by atoms with Gasteiger partial charge in [0.1, 0.15) is 0 Å². The van der Waals surface area contributed by atoms with Crippen LogP contribution in [0.15, 0.2) is 0 Å². The molecule has 1 N–H and O–H groups in total. The monoisotopic (exact) mass is 169 g/mol. The van der Waals surface area contributed by atoms with Gasteiger partial charge in [-0.25, -0.2) is 0 Å². The van der Waals surface area contributed by atoms with Crippen LogP contribution < -0.4 is 5.32 Å². The Kier molecular flexibility index (Phi) is 5.79. The summed E-state index contributed by atoms with van der Waals surface area (Å²) in [6.45, 7) is 5.80. The van der Waals surface area contributed by atoms with Crippen molar-refractivity contribution in [2.75, 3.05) is 20.3 Å². The first-order chi connectivity index (χ1) is 5.62. The Hall–Kier alpha value is -0.520. The first-order valence-corrected chi connectivity index (χ1v) is 4.34. The molecule has 0 aliphatic heterocycles. The Morgan fingerprint density at radius 2 is 2.08 bits per heavy atom. The lowest BCUT2D eigenvalue weighted by Gasteiger charge is -2.19. The summed E-state index contributed by atoms with van der Waals surface area (Å²) in [5.74, 6) is 2.69. The summed E-state index contributed by atoms with van der Waals surface area (Å²) in [5.41, 5.74) is -0.174. The van der Waals surface area contributed by atoms with Crippen molar-refractivity contribution in [3.05, 3.63) is 0 Å². The summed E-state index contributed by atoms with van der Waals surface area (Å²) in [4.78, 5) is 0. The molecule has 0 amide bonds. The van der Waals surface area contributed by atoms with E-state index in [1.165, 1.54) is 0 Å². The fraction of sp³-hybridized carbons (Fsp3) is 0.800. The van der Waals surface area contributed by atoms with Crippen molar-refractivity contribution < 1.29 is 4.74 Å². The highest BCUT2D eigenvalue weighted by atomic mass is 16.5. The molecule has 0 spiro atoms. The minimum absolute atomic E-state index is 0.174. The zero-order chi connectivity index (χ0) is 9.45. The molecule has 0 radical (unpaired) electrons. The van der Waals surface area contributed by atoms with Gasteiger partial charge < -0.3 is 10.1 Å². The van der Waals surface area contributed by atoms with Crippen molar-refractivity contribution in [3.8, 4) is 12.3 Å². The van der Waals surface area contributed by atoms with E-state index in [-0.39, 0.29) is 5.54 Å². The third-order valence-corrected chi connectivity index (χ3v) is 1.70. The minimum atomic E-state index is -0.174. The highest BCUT2D eigenvalue weighted by Gasteiger charge is 2.10. The van der Waals surface area contributed by atoms with Gasteiger partial charge >= 0.3 is 0 Å². The number of unbranched alkanes of at least 4 members (excludes halogenated alkanes) is 1. The molecular weight excluding hydrogens is 150 g/mol. The fourth-order valence-electron chi connectivity index (χ4n) is 0.823. The van der Waals surface area contributed by atoms with Crippen LogP contribution in [0.1, 0.15) is 26.7 Å². The van der Waals surface area contributed by atoms with E-state index in [0.717, 1.165) is 26.0 Å². The van der Waals surface area contributed by atoms with E-state index < -0.39 is 0 Å².